The summed E-state index contributed by atoms with van der Waals surface area (Å²) in [6.07, 6.45) is -8.10. The van der Waals surface area contributed by atoms with Crippen LogP contribution in [-0.4, -0.2) is 43.0 Å². The second-order valence-electron chi connectivity index (χ2n) is 3.01. The van der Waals surface area contributed by atoms with Gasteiger partial charge in [-0.05, 0) is 0 Å². The van der Waals surface area contributed by atoms with Crippen molar-refractivity contribution >= 4 is 6.09 Å². The molecule has 7 heteroatoms. The van der Waals surface area contributed by atoms with Crippen LogP contribution in [0.2, 0.25) is 0 Å². The lowest BCUT2D eigenvalue weighted by molar-refractivity contribution is -0.171. The van der Waals surface area contributed by atoms with Crippen LogP contribution in [0.3, 0.4) is 0 Å². The minimum absolute atomic E-state index is 0.366. The lowest BCUT2D eigenvalue weighted by Crippen LogP contribution is -2.44. The third-order valence-corrected chi connectivity index (χ3v) is 2.04. The van der Waals surface area contributed by atoms with Crippen LogP contribution in [0.1, 0.15) is 20.3 Å². The molecule has 16 heavy (non-hydrogen) atoms. The van der Waals surface area contributed by atoms with E-state index < -0.39 is 37.4 Å². The minimum Gasteiger partial charge on any atom is -0.453 e. The maximum atomic E-state index is 12.7. The lowest BCUT2D eigenvalue weighted by atomic mass is 10.2. The summed E-state index contributed by atoms with van der Waals surface area (Å²) in [7, 11) is 0.960. The van der Waals surface area contributed by atoms with E-state index in [1.807, 2.05) is 13.8 Å². The Kier molecular flexibility index (Phi) is 5.53. The molecule has 1 amide bonds. The van der Waals surface area contributed by atoms with Gasteiger partial charge in [-0.3, -0.25) is 4.90 Å². The fraction of sp³-hybridized carbons (Fsp3) is 0.889. The van der Waals surface area contributed by atoms with E-state index >= 15 is 0 Å². The van der Waals surface area contributed by atoms with Crippen molar-refractivity contribution in [1.82, 2.24) is 4.90 Å². The summed E-state index contributed by atoms with van der Waals surface area (Å²) in [5.74, 6) is 0. The molecule has 1 saturated heterocycles. The number of rotatable bonds is 0. The molecule has 1 aliphatic rings. The number of hydrogen-bond acceptors (Lipinski definition) is 2. The number of hydrogen-bond donors (Lipinski definition) is 0. The average Bonchev–Trinajstić information content (AvgIpc) is 2.62. The zero-order chi connectivity index (χ0) is 12.9. The van der Waals surface area contributed by atoms with Gasteiger partial charge in [-0.2, -0.15) is 13.2 Å². The maximum absolute atomic E-state index is 12.7. The summed E-state index contributed by atoms with van der Waals surface area (Å²) >= 11 is 0. The Morgan fingerprint density at radius 3 is 2.25 bits per heavy atom. The van der Waals surface area contributed by atoms with E-state index in [4.69, 9.17) is 0 Å². The molecule has 2 unspecified atom stereocenters. The summed E-state index contributed by atoms with van der Waals surface area (Å²) in [5.41, 5.74) is 0. The van der Waals surface area contributed by atoms with Crippen LogP contribution >= 0.6 is 0 Å². The SMILES string of the molecule is CC.COC(=O)N1CC(F)CC1C(F)(F)F. The van der Waals surface area contributed by atoms with Crippen LogP contribution in [-0.2, 0) is 4.74 Å². The first-order valence-corrected chi connectivity index (χ1v) is 4.91. The zero-order valence-corrected chi connectivity index (χ0v) is 9.34. The molecule has 0 N–H and O–H groups in total. The minimum atomic E-state index is -4.60. The van der Waals surface area contributed by atoms with Gasteiger partial charge in [0.2, 0.25) is 0 Å². The Bertz CT molecular complexity index is 232. The molecule has 2 atom stereocenters. The second-order valence-corrected chi connectivity index (χ2v) is 3.01. The Hall–Kier alpha value is -1.01. The Labute approximate surface area is 91.4 Å². The van der Waals surface area contributed by atoms with Gasteiger partial charge in [0.25, 0.3) is 0 Å². The molecule has 0 aromatic carbocycles. The molecule has 0 saturated carbocycles. The van der Waals surface area contributed by atoms with Crippen LogP contribution in [0.15, 0.2) is 0 Å². The zero-order valence-electron chi connectivity index (χ0n) is 9.34. The highest BCUT2D eigenvalue weighted by atomic mass is 19.4. The maximum Gasteiger partial charge on any atom is 0.410 e. The third kappa shape index (κ3) is 3.53. The summed E-state index contributed by atoms with van der Waals surface area (Å²) < 4.78 is 53.6. The molecule has 0 radical (unpaired) electrons. The number of alkyl halides is 4. The third-order valence-electron chi connectivity index (χ3n) is 2.04. The van der Waals surface area contributed by atoms with E-state index in [1.165, 1.54) is 0 Å². The summed E-state index contributed by atoms with van der Waals surface area (Å²) in [4.78, 5) is 11.2. The standard InChI is InChI=1S/C7H9F4NO2.C2H6/c1-14-6(13)12-3-4(8)2-5(12)7(9,10)11;1-2/h4-5H,2-3H2,1H3;1-2H3. The molecular formula is C9H15F4NO2. The van der Waals surface area contributed by atoms with Crippen molar-refractivity contribution in [3.8, 4) is 0 Å². The average molecular weight is 245 g/mol. The van der Waals surface area contributed by atoms with E-state index in [0.29, 0.717) is 4.90 Å². The van der Waals surface area contributed by atoms with Crippen molar-refractivity contribution in [2.24, 2.45) is 0 Å². The van der Waals surface area contributed by atoms with Gasteiger partial charge in [-0.1, -0.05) is 13.8 Å². The van der Waals surface area contributed by atoms with Crippen molar-refractivity contribution in [2.75, 3.05) is 13.7 Å². The molecule has 1 rings (SSSR count). The van der Waals surface area contributed by atoms with Gasteiger partial charge >= 0.3 is 12.3 Å². The molecule has 1 aliphatic heterocycles. The molecule has 3 nitrogen and oxygen atoms in total. The largest absolute Gasteiger partial charge is 0.453 e. The highest BCUT2D eigenvalue weighted by molar-refractivity contribution is 5.68. The molecule has 0 aromatic heterocycles. The number of halogens is 4. The van der Waals surface area contributed by atoms with E-state index in [9.17, 15) is 22.4 Å². The summed E-state index contributed by atoms with van der Waals surface area (Å²) in [6, 6.07) is -2.06. The molecule has 0 bridgehead atoms. The van der Waals surface area contributed by atoms with Crippen molar-refractivity contribution in [2.45, 2.75) is 38.7 Å². The quantitative estimate of drug-likeness (QED) is 0.614. The first-order valence-electron chi connectivity index (χ1n) is 4.91. The van der Waals surface area contributed by atoms with Crippen molar-refractivity contribution < 1.29 is 27.1 Å². The van der Waals surface area contributed by atoms with E-state index in [-0.39, 0.29) is 0 Å². The highest BCUT2D eigenvalue weighted by Crippen LogP contribution is 2.34. The lowest BCUT2D eigenvalue weighted by Gasteiger charge is -2.24. The second kappa shape index (κ2) is 5.91. The van der Waals surface area contributed by atoms with Crippen LogP contribution in [0, 0.1) is 0 Å². The van der Waals surface area contributed by atoms with Crippen molar-refractivity contribution in [3.63, 3.8) is 0 Å². The molecular weight excluding hydrogens is 230 g/mol. The first-order chi connectivity index (χ1) is 7.36. The van der Waals surface area contributed by atoms with Crippen molar-refractivity contribution in [3.05, 3.63) is 0 Å². The monoisotopic (exact) mass is 245 g/mol. The molecule has 1 fully saturated rings. The van der Waals surface area contributed by atoms with E-state index in [2.05, 4.69) is 4.74 Å². The van der Waals surface area contributed by atoms with Gasteiger partial charge in [0.05, 0.1) is 13.7 Å². The topological polar surface area (TPSA) is 29.5 Å². The van der Waals surface area contributed by atoms with Gasteiger partial charge in [0, 0.05) is 6.42 Å². The van der Waals surface area contributed by atoms with E-state index in [1.54, 1.807) is 0 Å². The number of likely N-dealkylation sites (tertiary alicyclic amines) is 1. The molecule has 0 spiro atoms. The summed E-state index contributed by atoms with van der Waals surface area (Å²) in [5, 5.41) is 0. The molecule has 96 valence electrons. The Morgan fingerprint density at radius 1 is 1.38 bits per heavy atom. The number of carbonyl (C=O) groups is 1. The summed E-state index contributed by atoms with van der Waals surface area (Å²) in [6.45, 7) is 3.44. The Balaban J connectivity index is 0.00000106. The fourth-order valence-electron chi connectivity index (χ4n) is 1.41. The number of nitrogens with zero attached hydrogens (tertiary/aromatic N) is 1. The van der Waals surface area contributed by atoms with Crippen LogP contribution in [0.25, 0.3) is 0 Å². The van der Waals surface area contributed by atoms with Gasteiger partial charge in [-0.25, -0.2) is 9.18 Å². The smallest absolute Gasteiger partial charge is 0.410 e. The van der Waals surface area contributed by atoms with Crippen molar-refractivity contribution in [1.29, 1.82) is 0 Å². The predicted molar refractivity (Wildman–Crippen MR) is 49.8 cm³/mol. The van der Waals surface area contributed by atoms with E-state index in [0.717, 1.165) is 7.11 Å². The van der Waals surface area contributed by atoms with Crippen LogP contribution in [0.5, 0.6) is 0 Å². The first kappa shape index (κ1) is 15.0. The molecule has 0 aliphatic carbocycles. The fourth-order valence-corrected chi connectivity index (χ4v) is 1.41. The predicted octanol–water partition coefficient (Wildman–Crippen LogP) is 2.75. The van der Waals surface area contributed by atoms with Gasteiger partial charge in [-0.15, -0.1) is 0 Å². The Morgan fingerprint density at radius 2 is 1.88 bits per heavy atom. The normalized spacial score (nSPS) is 24.8. The van der Waals surface area contributed by atoms with Crippen LogP contribution in [0.4, 0.5) is 22.4 Å². The number of carbonyl (C=O) groups excluding carboxylic acids is 1. The molecule has 1 heterocycles. The number of methoxy groups -OCH3 is 1. The van der Waals surface area contributed by atoms with Gasteiger partial charge < -0.3 is 4.74 Å². The highest BCUT2D eigenvalue weighted by Gasteiger charge is 2.51. The number of ether oxygens (including phenoxy) is 1. The molecule has 0 aromatic rings. The van der Waals surface area contributed by atoms with Gasteiger partial charge in [0.1, 0.15) is 12.2 Å². The van der Waals surface area contributed by atoms with Crippen LogP contribution < -0.4 is 0 Å². The van der Waals surface area contributed by atoms with Gasteiger partial charge in [0.15, 0.2) is 0 Å². The number of amides is 1.